The van der Waals surface area contributed by atoms with Crippen LogP contribution in [-0.2, 0) is 0 Å². The Morgan fingerprint density at radius 1 is 1.44 bits per heavy atom. The predicted molar refractivity (Wildman–Crippen MR) is 70.0 cm³/mol. The van der Waals surface area contributed by atoms with Crippen molar-refractivity contribution >= 4 is 11.7 Å². The fourth-order valence-corrected chi connectivity index (χ4v) is 2.42. The maximum absolute atomic E-state index is 11.1. The quantitative estimate of drug-likeness (QED) is 0.805. The standard InChI is InChI=1S/C14H19NO3/c1-9-6-11(7-12(13(9)15)14(16)17)18-8-10-4-2-3-5-10/h6-7,10H,2-5,8,15H2,1H3,(H,16,17). The smallest absolute Gasteiger partial charge is 0.337 e. The molecule has 1 saturated carbocycles. The fraction of sp³-hybridized carbons (Fsp3) is 0.500. The lowest BCUT2D eigenvalue weighted by Crippen LogP contribution is -2.10. The average Bonchev–Trinajstić information content (AvgIpc) is 2.83. The van der Waals surface area contributed by atoms with Crippen LogP contribution in [0.15, 0.2) is 12.1 Å². The summed E-state index contributed by atoms with van der Waals surface area (Å²) in [6.07, 6.45) is 4.96. The Labute approximate surface area is 107 Å². The minimum atomic E-state index is -1.01. The Kier molecular flexibility index (Phi) is 3.75. The van der Waals surface area contributed by atoms with Gasteiger partial charge in [0.1, 0.15) is 5.75 Å². The number of carbonyl (C=O) groups is 1. The molecule has 1 aliphatic rings. The first-order chi connectivity index (χ1) is 8.58. The summed E-state index contributed by atoms with van der Waals surface area (Å²) >= 11 is 0. The Bertz CT molecular complexity index is 451. The van der Waals surface area contributed by atoms with Crippen molar-refractivity contribution in [3.05, 3.63) is 23.3 Å². The highest BCUT2D eigenvalue weighted by atomic mass is 16.5. The number of rotatable bonds is 4. The number of carboxylic acid groups (broad SMARTS) is 1. The van der Waals surface area contributed by atoms with Crippen LogP contribution in [0.3, 0.4) is 0 Å². The number of nitrogens with two attached hydrogens (primary N) is 1. The second kappa shape index (κ2) is 5.29. The van der Waals surface area contributed by atoms with Gasteiger partial charge in [0, 0.05) is 5.69 Å². The van der Waals surface area contributed by atoms with E-state index in [2.05, 4.69) is 0 Å². The van der Waals surface area contributed by atoms with Crippen molar-refractivity contribution in [2.45, 2.75) is 32.6 Å². The third-order valence-electron chi connectivity index (χ3n) is 3.55. The SMILES string of the molecule is Cc1cc(OCC2CCCC2)cc(C(=O)O)c1N. The van der Waals surface area contributed by atoms with E-state index in [4.69, 9.17) is 15.6 Å². The zero-order chi connectivity index (χ0) is 13.1. The number of aryl methyl sites for hydroxylation is 1. The molecule has 1 fully saturated rings. The van der Waals surface area contributed by atoms with Gasteiger partial charge in [-0.05, 0) is 43.4 Å². The molecule has 0 saturated heterocycles. The lowest BCUT2D eigenvalue weighted by Gasteiger charge is -2.13. The van der Waals surface area contributed by atoms with Gasteiger partial charge in [0.05, 0.1) is 12.2 Å². The number of nitrogen functional groups attached to an aromatic ring is 1. The van der Waals surface area contributed by atoms with Crippen molar-refractivity contribution in [3.63, 3.8) is 0 Å². The van der Waals surface area contributed by atoms with Gasteiger partial charge in [0.2, 0.25) is 0 Å². The maximum Gasteiger partial charge on any atom is 0.337 e. The molecule has 1 aromatic carbocycles. The van der Waals surface area contributed by atoms with Gasteiger partial charge in [0.25, 0.3) is 0 Å². The van der Waals surface area contributed by atoms with E-state index < -0.39 is 5.97 Å². The van der Waals surface area contributed by atoms with Gasteiger partial charge < -0.3 is 15.6 Å². The van der Waals surface area contributed by atoms with Crippen LogP contribution in [0.2, 0.25) is 0 Å². The van der Waals surface area contributed by atoms with Crippen LogP contribution in [0.25, 0.3) is 0 Å². The summed E-state index contributed by atoms with van der Waals surface area (Å²) in [6.45, 7) is 2.46. The van der Waals surface area contributed by atoms with Gasteiger partial charge in [-0.15, -0.1) is 0 Å². The first-order valence-corrected chi connectivity index (χ1v) is 6.34. The maximum atomic E-state index is 11.1. The molecule has 0 atom stereocenters. The van der Waals surface area contributed by atoms with Crippen LogP contribution in [-0.4, -0.2) is 17.7 Å². The summed E-state index contributed by atoms with van der Waals surface area (Å²) in [7, 11) is 0. The molecule has 1 aromatic rings. The third kappa shape index (κ3) is 2.75. The Hall–Kier alpha value is -1.71. The van der Waals surface area contributed by atoms with Crippen molar-refractivity contribution < 1.29 is 14.6 Å². The van der Waals surface area contributed by atoms with Crippen LogP contribution >= 0.6 is 0 Å². The van der Waals surface area contributed by atoms with Gasteiger partial charge in [-0.2, -0.15) is 0 Å². The number of hydrogen-bond acceptors (Lipinski definition) is 3. The number of carboxylic acids is 1. The van der Waals surface area contributed by atoms with Crippen LogP contribution in [0, 0.1) is 12.8 Å². The van der Waals surface area contributed by atoms with Crippen LogP contribution in [0.1, 0.15) is 41.6 Å². The molecule has 1 aliphatic carbocycles. The first-order valence-electron chi connectivity index (χ1n) is 6.34. The molecule has 4 heteroatoms. The van der Waals surface area contributed by atoms with Crippen molar-refractivity contribution in [3.8, 4) is 5.75 Å². The van der Waals surface area contributed by atoms with Crippen LogP contribution in [0.4, 0.5) is 5.69 Å². The molecule has 0 amide bonds. The largest absolute Gasteiger partial charge is 0.493 e. The molecule has 0 spiro atoms. The number of hydrogen-bond donors (Lipinski definition) is 2. The molecular weight excluding hydrogens is 230 g/mol. The van der Waals surface area contributed by atoms with E-state index in [0.717, 1.165) is 5.56 Å². The number of anilines is 1. The van der Waals surface area contributed by atoms with Crippen LogP contribution in [0.5, 0.6) is 5.75 Å². The van der Waals surface area contributed by atoms with Gasteiger partial charge in [-0.1, -0.05) is 12.8 Å². The number of aromatic carboxylic acids is 1. The zero-order valence-electron chi connectivity index (χ0n) is 10.6. The monoisotopic (exact) mass is 249 g/mol. The lowest BCUT2D eigenvalue weighted by molar-refractivity contribution is 0.0697. The van der Waals surface area contributed by atoms with E-state index in [1.165, 1.54) is 31.7 Å². The van der Waals surface area contributed by atoms with Crippen LogP contribution < -0.4 is 10.5 Å². The highest BCUT2D eigenvalue weighted by Gasteiger charge is 2.17. The normalized spacial score (nSPS) is 15.8. The average molecular weight is 249 g/mol. The highest BCUT2D eigenvalue weighted by Crippen LogP contribution is 2.28. The molecule has 4 nitrogen and oxygen atoms in total. The lowest BCUT2D eigenvalue weighted by atomic mass is 10.1. The molecule has 0 unspecified atom stereocenters. The predicted octanol–water partition coefficient (Wildman–Crippen LogP) is 2.84. The van der Waals surface area contributed by atoms with E-state index >= 15 is 0 Å². The molecule has 3 N–H and O–H groups in total. The minimum Gasteiger partial charge on any atom is -0.493 e. The van der Waals surface area contributed by atoms with Crippen molar-refractivity contribution in [1.29, 1.82) is 0 Å². The second-order valence-corrected chi connectivity index (χ2v) is 4.97. The van der Waals surface area contributed by atoms with Gasteiger partial charge in [-0.3, -0.25) is 0 Å². The van der Waals surface area contributed by atoms with Gasteiger partial charge >= 0.3 is 5.97 Å². The Balaban J connectivity index is 2.10. The summed E-state index contributed by atoms with van der Waals surface area (Å²) in [5.74, 6) is 0.198. The molecule has 0 aliphatic heterocycles. The van der Waals surface area contributed by atoms with E-state index in [9.17, 15) is 4.79 Å². The zero-order valence-corrected chi connectivity index (χ0v) is 10.6. The molecule has 0 aromatic heterocycles. The van der Waals surface area contributed by atoms with E-state index in [-0.39, 0.29) is 5.56 Å². The van der Waals surface area contributed by atoms with E-state index in [1.807, 2.05) is 0 Å². The summed E-state index contributed by atoms with van der Waals surface area (Å²) in [5, 5.41) is 9.06. The molecule has 0 heterocycles. The van der Waals surface area contributed by atoms with Crippen molar-refractivity contribution in [2.75, 3.05) is 12.3 Å². The highest BCUT2D eigenvalue weighted by molar-refractivity contribution is 5.95. The van der Waals surface area contributed by atoms with Gasteiger partial charge in [-0.25, -0.2) is 4.79 Å². The van der Waals surface area contributed by atoms with Crippen molar-refractivity contribution in [2.24, 2.45) is 5.92 Å². The molecule has 18 heavy (non-hydrogen) atoms. The first kappa shape index (κ1) is 12.7. The summed E-state index contributed by atoms with van der Waals surface area (Å²) in [6, 6.07) is 3.32. The van der Waals surface area contributed by atoms with Gasteiger partial charge in [0.15, 0.2) is 0 Å². The number of benzene rings is 1. The van der Waals surface area contributed by atoms with E-state index in [0.29, 0.717) is 24.0 Å². The fourth-order valence-electron chi connectivity index (χ4n) is 2.42. The molecule has 98 valence electrons. The second-order valence-electron chi connectivity index (χ2n) is 4.97. The Morgan fingerprint density at radius 2 is 2.11 bits per heavy atom. The topological polar surface area (TPSA) is 72.5 Å². The molecule has 0 radical (unpaired) electrons. The Morgan fingerprint density at radius 3 is 2.72 bits per heavy atom. The van der Waals surface area contributed by atoms with E-state index in [1.54, 1.807) is 13.0 Å². The van der Waals surface area contributed by atoms with Crippen molar-refractivity contribution in [1.82, 2.24) is 0 Å². The minimum absolute atomic E-state index is 0.122. The molecular formula is C14H19NO3. The number of ether oxygens (including phenoxy) is 1. The summed E-state index contributed by atoms with van der Waals surface area (Å²) < 4.78 is 5.70. The molecule has 2 rings (SSSR count). The summed E-state index contributed by atoms with van der Waals surface area (Å²) in [4.78, 5) is 11.1. The third-order valence-corrected chi connectivity index (χ3v) is 3.55. The molecule has 0 bridgehead atoms. The summed E-state index contributed by atoms with van der Waals surface area (Å²) in [5.41, 5.74) is 6.92.